The van der Waals surface area contributed by atoms with Crippen LogP contribution in [-0.2, 0) is 4.74 Å². The van der Waals surface area contributed by atoms with E-state index in [-0.39, 0.29) is 5.54 Å². The van der Waals surface area contributed by atoms with E-state index in [1.165, 1.54) is 0 Å². The van der Waals surface area contributed by atoms with Crippen molar-refractivity contribution in [3.63, 3.8) is 0 Å². The molecule has 0 spiro atoms. The van der Waals surface area contributed by atoms with E-state index in [1.54, 1.807) is 0 Å². The molecule has 1 unspecified atom stereocenters. The van der Waals surface area contributed by atoms with Gasteiger partial charge in [0.1, 0.15) is 0 Å². The van der Waals surface area contributed by atoms with Gasteiger partial charge in [0, 0.05) is 12.5 Å². The smallest absolute Gasteiger partial charge is 0.181 e. The summed E-state index contributed by atoms with van der Waals surface area (Å²) < 4.78 is 5.78. The monoisotopic (exact) mass is 213 g/mol. The van der Waals surface area contributed by atoms with Crippen molar-refractivity contribution in [1.82, 2.24) is 0 Å². The highest BCUT2D eigenvalue weighted by molar-refractivity contribution is 6.78. The van der Waals surface area contributed by atoms with E-state index in [0.29, 0.717) is 6.10 Å². The highest BCUT2D eigenvalue weighted by Gasteiger charge is 2.30. The number of hydrogen-bond donors (Lipinski definition) is 0. The van der Waals surface area contributed by atoms with Crippen LogP contribution in [0.2, 0.25) is 25.7 Å². The van der Waals surface area contributed by atoms with E-state index in [2.05, 4.69) is 45.4 Å². The number of ether oxygens (including phenoxy) is 1. The van der Waals surface area contributed by atoms with Crippen LogP contribution in [0.3, 0.4) is 0 Å². The topological polar surface area (TPSA) is 21.6 Å². The molecule has 0 bridgehead atoms. The minimum atomic E-state index is -1.09. The zero-order valence-electron chi connectivity index (χ0n) is 10.3. The highest BCUT2D eigenvalue weighted by Crippen LogP contribution is 2.26. The predicted molar refractivity (Wildman–Crippen MR) is 64.8 cm³/mol. The Morgan fingerprint density at radius 1 is 1.43 bits per heavy atom. The molecule has 1 atom stereocenters. The van der Waals surface area contributed by atoms with Crippen molar-refractivity contribution in [3.8, 4) is 0 Å². The maximum atomic E-state index is 5.78. The SMILES string of the molecule is CC1CC(C)(C)N=C(C[Si](C)(C)C)O1. The minimum absolute atomic E-state index is 0.0760. The summed E-state index contributed by atoms with van der Waals surface area (Å²) in [6, 6.07) is 1.07. The molecule has 0 fully saturated rings. The Labute approximate surface area is 88.8 Å². The average Bonchev–Trinajstić information content (AvgIpc) is 1.74. The summed E-state index contributed by atoms with van der Waals surface area (Å²) >= 11 is 0. The summed E-state index contributed by atoms with van der Waals surface area (Å²) in [6.07, 6.45) is 1.36. The van der Waals surface area contributed by atoms with Gasteiger partial charge < -0.3 is 4.74 Å². The van der Waals surface area contributed by atoms with Crippen molar-refractivity contribution in [2.24, 2.45) is 4.99 Å². The van der Waals surface area contributed by atoms with Gasteiger partial charge in [0.25, 0.3) is 0 Å². The van der Waals surface area contributed by atoms with Crippen LogP contribution in [-0.4, -0.2) is 25.6 Å². The Hall–Kier alpha value is -0.313. The molecule has 0 radical (unpaired) electrons. The first kappa shape index (κ1) is 11.8. The molecule has 1 aliphatic rings. The molecule has 2 nitrogen and oxygen atoms in total. The molecule has 0 aromatic rings. The molecule has 0 saturated carbocycles. The molecular weight excluding hydrogens is 190 g/mol. The van der Waals surface area contributed by atoms with E-state index in [9.17, 15) is 0 Å². The third-order valence-corrected chi connectivity index (χ3v) is 3.60. The molecule has 0 aliphatic carbocycles. The normalized spacial score (nSPS) is 26.7. The van der Waals surface area contributed by atoms with Crippen LogP contribution >= 0.6 is 0 Å². The van der Waals surface area contributed by atoms with Crippen LogP contribution in [0.4, 0.5) is 0 Å². The van der Waals surface area contributed by atoms with E-state index in [1.807, 2.05) is 0 Å². The Balaban J connectivity index is 2.74. The molecule has 1 rings (SSSR count). The quantitative estimate of drug-likeness (QED) is 0.645. The summed E-state index contributed by atoms with van der Waals surface area (Å²) in [5.41, 5.74) is 0.0760. The summed E-state index contributed by atoms with van der Waals surface area (Å²) in [7, 11) is -1.09. The Morgan fingerprint density at radius 2 is 2.00 bits per heavy atom. The number of aliphatic imine (C=N–C) groups is 1. The Morgan fingerprint density at radius 3 is 2.43 bits per heavy atom. The van der Waals surface area contributed by atoms with Gasteiger partial charge in [0.05, 0.1) is 19.7 Å². The molecule has 3 heteroatoms. The lowest BCUT2D eigenvalue weighted by atomic mass is 9.97. The van der Waals surface area contributed by atoms with Gasteiger partial charge in [-0.25, -0.2) is 4.99 Å². The van der Waals surface area contributed by atoms with Gasteiger partial charge >= 0.3 is 0 Å². The highest BCUT2D eigenvalue weighted by atomic mass is 28.3. The lowest BCUT2D eigenvalue weighted by Crippen LogP contribution is -2.37. The predicted octanol–water partition coefficient (Wildman–Crippen LogP) is 3.31. The molecule has 0 aromatic carbocycles. The van der Waals surface area contributed by atoms with Gasteiger partial charge in [0.2, 0.25) is 0 Å². The van der Waals surface area contributed by atoms with Gasteiger partial charge in [-0.15, -0.1) is 0 Å². The Bertz CT molecular complexity index is 240. The third-order valence-electron chi connectivity index (χ3n) is 2.23. The molecule has 0 amide bonds. The average molecular weight is 213 g/mol. The van der Waals surface area contributed by atoms with Crippen molar-refractivity contribution in [1.29, 1.82) is 0 Å². The molecule has 0 aromatic heterocycles. The van der Waals surface area contributed by atoms with E-state index in [4.69, 9.17) is 4.74 Å². The Kier molecular flexibility index (Phi) is 3.09. The fourth-order valence-corrected chi connectivity index (χ4v) is 2.99. The second kappa shape index (κ2) is 3.68. The lowest BCUT2D eigenvalue weighted by molar-refractivity contribution is 0.143. The van der Waals surface area contributed by atoms with Crippen molar-refractivity contribution >= 4 is 14.0 Å². The first-order valence-corrected chi connectivity index (χ1v) is 9.14. The van der Waals surface area contributed by atoms with Gasteiger partial charge in [-0.3, -0.25) is 0 Å². The second-order valence-corrected chi connectivity index (χ2v) is 11.7. The fraction of sp³-hybridized carbons (Fsp3) is 0.909. The first-order chi connectivity index (χ1) is 6.18. The lowest BCUT2D eigenvalue weighted by Gasteiger charge is -2.33. The zero-order chi connectivity index (χ0) is 11.0. The van der Waals surface area contributed by atoms with Gasteiger partial charge in [0.15, 0.2) is 5.90 Å². The van der Waals surface area contributed by atoms with Crippen molar-refractivity contribution < 1.29 is 4.74 Å². The number of hydrogen-bond acceptors (Lipinski definition) is 2. The summed E-state index contributed by atoms with van der Waals surface area (Å²) in [5, 5.41) is 0. The molecular formula is C11H23NOSi. The van der Waals surface area contributed by atoms with Gasteiger partial charge in [-0.05, 0) is 20.8 Å². The molecule has 0 saturated heterocycles. The summed E-state index contributed by atoms with van der Waals surface area (Å²) in [6.45, 7) is 13.6. The molecule has 1 heterocycles. The molecule has 1 aliphatic heterocycles. The van der Waals surface area contributed by atoms with Crippen LogP contribution in [0, 0.1) is 0 Å². The maximum absolute atomic E-state index is 5.78. The van der Waals surface area contributed by atoms with E-state index >= 15 is 0 Å². The zero-order valence-corrected chi connectivity index (χ0v) is 11.3. The van der Waals surface area contributed by atoms with Crippen LogP contribution < -0.4 is 0 Å². The standard InChI is InChI=1S/C11H23NOSi/c1-9-7-11(2,3)12-10(13-9)8-14(4,5)6/h9H,7-8H2,1-6H3. The minimum Gasteiger partial charge on any atom is -0.478 e. The largest absolute Gasteiger partial charge is 0.478 e. The fourth-order valence-electron chi connectivity index (χ4n) is 1.92. The summed E-state index contributed by atoms with van der Waals surface area (Å²) in [5.74, 6) is 0.993. The van der Waals surface area contributed by atoms with Crippen molar-refractivity contribution in [3.05, 3.63) is 0 Å². The van der Waals surface area contributed by atoms with Crippen LogP contribution in [0.5, 0.6) is 0 Å². The van der Waals surface area contributed by atoms with Crippen molar-refractivity contribution in [2.75, 3.05) is 0 Å². The van der Waals surface area contributed by atoms with Crippen LogP contribution in [0.15, 0.2) is 4.99 Å². The van der Waals surface area contributed by atoms with E-state index in [0.717, 1.165) is 18.4 Å². The molecule has 14 heavy (non-hydrogen) atoms. The van der Waals surface area contributed by atoms with Gasteiger partial charge in [-0.2, -0.15) is 0 Å². The van der Waals surface area contributed by atoms with Gasteiger partial charge in [-0.1, -0.05) is 19.6 Å². The third kappa shape index (κ3) is 3.82. The first-order valence-electron chi connectivity index (χ1n) is 5.43. The van der Waals surface area contributed by atoms with Crippen LogP contribution in [0.1, 0.15) is 27.2 Å². The summed E-state index contributed by atoms with van der Waals surface area (Å²) in [4.78, 5) is 4.68. The molecule has 0 N–H and O–H groups in total. The number of rotatable bonds is 2. The molecule has 82 valence electrons. The second-order valence-electron chi connectivity index (χ2n) is 6.19. The van der Waals surface area contributed by atoms with E-state index < -0.39 is 8.07 Å². The van der Waals surface area contributed by atoms with Crippen molar-refractivity contribution in [2.45, 2.75) is 64.5 Å². The van der Waals surface area contributed by atoms with Crippen LogP contribution in [0.25, 0.3) is 0 Å². The maximum Gasteiger partial charge on any atom is 0.181 e. The number of nitrogens with zero attached hydrogens (tertiary/aromatic N) is 1.